The number of nitrogens with one attached hydrogen (secondary N) is 3. The monoisotopic (exact) mass is 731 g/mol. The molecule has 0 saturated heterocycles. The molecule has 0 spiro atoms. The lowest BCUT2D eigenvalue weighted by Crippen LogP contribution is -2.59. The Bertz CT molecular complexity index is 1560. The summed E-state index contributed by atoms with van der Waals surface area (Å²) in [5.41, 5.74) is 24.2. The Labute approximate surface area is 296 Å². The minimum Gasteiger partial charge on any atom is -0.481 e. The third kappa shape index (κ3) is 12.9. The van der Waals surface area contributed by atoms with Crippen LogP contribution in [0.15, 0.2) is 34.4 Å². The standard InChI is InChI=1S/C30H41N11O11/c31-24(46)20(15-42)39-25(47)18(7-3-12-35-30(32)33)37-26(48)19(8-10-22(43)44)38-27(49)21(9-11-23(45)52-14-4-13-36-40-34)41-28(50)16-5-1-2-6-17(16)29(41)51/h1-2,5-6,18-21,42H,3-4,7-15H2,(H2,31,46)(H,37,48)(H,38,49)(H,39,47)(H,43,44)(H4,32,33,35)/t18-,19-,20-,21+/m0/s1. The molecule has 22 heteroatoms. The van der Waals surface area contributed by atoms with Gasteiger partial charge in [0.05, 0.1) is 24.3 Å². The lowest BCUT2D eigenvalue weighted by Gasteiger charge is -2.28. The number of hydrogen-bond acceptors (Lipinski definition) is 12. The number of carbonyl (C=O) groups excluding carboxylic acids is 7. The topological polar surface area (TPSA) is 365 Å². The number of aliphatic imine (C=N–C) groups is 1. The van der Waals surface area contributed by atoms with E-state index in [1.54, 1.807) is 0 Å². The lowest BCUT2D eigenvalue weighted by atomic mass is 10.0. The van der Waals surface area contributed by atoms with Crippen molar-refractivity contribution < 1.29 is 53.3 Å². The van der Waals surface area contributed by atoms with E-state index in [1.165, 1.54) is 24.3 Å². The van der Waals surface area contributed by atoms with Crippen molar-refractivity contribution in [2.24, 2.45) is 27.3 Å². The lowest BCUT2D eigenvalue weighted by molar-refractivity contribution is -0.144. The summed E-state index contributed by atoms with van der Waals surface area (Å²) >= 11 is 0. The molecule has 0 saturated carbocycles. The van der Waals surface area contributed by atoms with Gasteiger partial charge in [0.25, 0.3) is 11.8 Å². The van der Waals surface area contributed by atoms with Gasteiger partial charge in [-0.1, -0.05) is 17.2 Å². The number of esters is 1. The molecule has 4 atom stereocenters. The smallest absolute Gasteiger partial charge is 0.305 e. The van der Waals surface area contributed by atoms with Crippen molar-refractivity contribution in [3.05, 3.63) is 45.8 Å². The number of primary amides is 1. The third-order valence-corrected chi connectivity index (χ3v) is 7.49. The van der Waals surface area contributed by atoms with Gasteiger partial charge in [0.1, 0.15) is 24.2 Å². The van der Waals surface area contributed by atoms with Gasteiger partial charge in [-0.2, -0.15) is 0 Å². The summed E-state index contributed by atoms with van der Waals surface area (Å²) in [5, 5.41) is 29.0. The first-order valence-electron chi connectivity index (χ1n) is 15.9. The molecule has 22 nitrogen and oxygen atoms in total. The van der Waals surface area contributed by atoms with Gasteiger partial charge >= 0.3 is 11.9 Å². The van der Waals surface area contributed by atoms with Gasteiger partial charge in [0.2, 0.25) is 23.6 Å². The fourth-order valence-electron chi connectivity index (χ4n) is 4.89. The number of ether oxygens (including phenoxy) is 1. The van der Waals surface area contributed by atoms with E-state index in [4.69, 9.17) is 27.5 Å². The Balaban J connectivity index is 2.37. The summed E-state index contributed by atoms with van der Waals surface area (Å²) in [4.78, 5) is 110. The van der Waals surface area contributed by atoms with Gasteiger partial charge in [-0.15, -0.1) is 0 Å². The molecule has 0 radical (unpaired) electrons. The zero-order valence-corrected chi connectivity index (χ0v) is 27.9. The summed E-state index contributed by atoms with van der Waals surface area (Å²) in [7, 11) is 0. The molecule has 0 aliphatic carbocycles. The summed E-state index contributed by atoms with van der Waals surface area (Å²) < 4.78 is 5.07. The number of azide groups is 1. The molecule has 6 amide bonds. The number of nitrogens with two attached hydrogens (primary N) is 3. The van der Waals surface area contributed by atoms with E-state index in [0.717, 1.165) is 0 Å². The maximum atomic E-state index is 13.9. The molecule has 0 fully saturated rings. The Hall–Kier alpha value is -6.28. The summed E-state index contributed by atoms with van der Waals surface area (Å²) in [6.07, 6.45) is -1.98. The van der Waals surface area contributed by atoms with Crippen molar-refractivity contribution in [3.63, 3.8) is 0 Å². The molecular weight excluding hydrogens is 690 g/mol. The van der Waals surface area contributed by atoms with Crippen LogP contribution in [0.4, 0.5) is 0 Å². The first-order valence-corrected chi connectivity index (χ1v) is 15.9. The van der Waals surface area contributed by atoms with Crippen LogP contribution in [0.25, 0.3) is 10.4 Å². The van der Waals surface area contributed by atoms with Crippen molar-refractivity contribution in [1.29, 1.82) is 0 Å². The second kappa shape index (κ2) is 21.1. The van der Waals surface area contributed by atoms with Crippen molar-refractivity contribution in [2.75, 3.05) is 26.3 Å². The van der Waals surface area contributed by atoms with Gasteiger partial charge < -0.3 is 48.1 Å². The second-order valence-electron chi connectivity index (χ2n) is 11.3. The van der Waals surface area contributed by atoms with Crippen LogP contribution in [0.5, 0.6) is 0 Å². The normalized spacial score (nSPS) is 14.1. The maximum Gasteiger partial charge on any atom is 0.305 e. The first-order chi connectivity index (χ1) is 24.7. The number of aliphatic hydroxyl groups excluding tert-OH is 1. The van der Waals surface area contributed by atoms with Crippen LogP contribution in [-0.2, 0) is 33.5 Å². The summed E-state index contributed by atoms with van der Waals surface area (Å²) in [5.74, 6) is -8.38. The number of rotatable bonds is 23. The van der Waals surface area contributed by atoms with Crippen LogP contribution in [0.1, 0.15) is 65.7 Å². The summed E-state index contributed by atoms with van der Waals surface area (Å²) in [6, 6.07) is -0.607. The average molecular weight is 732 g/mol. The Kier molecular flexibility index (Phi) is 17.0. The molecule has 1 heterocycles. The Morgan fingerprint density at radius 3 is 1.94 bits per heavy atom. The quantitative estimate of drug-likeness (QED) is 0.00846. The van der Waals surface area contributed by atoms with Crippen molar-refractivity contribution in [1.82, 2.24) is 20.9 Å². The molecule has 0 bridgehead atoms. The number of fused-ring (bicyclic) bond motifs is 1. The van der Waals surface area contributed by atoms with E-state index in [-0.39, 0.29) is 56.0 Å². The largest absolute Gasteiger partial charge is 0.481 e. The van der Waals surface area contributed by atoms with Crippen LogP contribution in [0, 0.1) is 0 Å². The molecular formula is C30H41N11O11. The van der Waals surface area contributed by atoms with Crippen LogP contribution in [-0.4, -0.2) is 119 Å². The van der Waals surface area contributed by atoms with Gasteiger partial charge in [-0.3, -0.25) is 48.2 Å². The van der Waals surface area contributed by atoms with E-state index in [2.05, 4.69) is 31.0 Å². The SMILES string of the molecule is [N-]=[N+]=NCCCOC(=O)CC[C@H](C(=O)N[C@@H](CCC(=O)O)C(=O)N[C@@H](CCCN=C(N)N)C(=O)N[C@@H](CO)C(N)=O)N1C(=O)c2ccccc2C1=O. The molecule has 2 rings (SSSR count). The van der Waals surface area contributed by atoms with Crippen LogP contribution in [0.2, 0.25) is 0 Å². The van der Waals surface area contributed by atoms with Gasteiger partial charge in [-0.25, -0.2) is 0 Å². The molecule has 1 aromatic rings. The zero-order valence-electron chi connectivity index (χ0n) is 27.9. The number of nitrogens with zero attached hydrogens (tertiary/aromatic N) is 5. The number of carbonyl (C=O) groups is 8. The number of imide groups is 1. The molecule has 11 N–H and O–H groups in total. The number of hydrogen-bond donors (Lipinski definition) is 8. The van der Waals surface area contributed by atoms with Gasteiger partial charge in [0, 0.05) is 30.8 Å². The van der Waals surface area contributed by atoms with E-state index >= 15 is 0 Å². The Morgan fingerprint density at radius 2 is 1.40 bits per heavy atom. The third-order valence-electron chi connectivity index (χ3n) is 7.49. The van der Waals surface area contributed by atoms with E-state index < -0.39 is 104 Å². The van der Waals surface area contributed by atoms with Crippen LogP contribution >= 0.6 is 0 Å². The number of aliphatic carboxylic acids is 1. The maximum absolute atomic E-state index is 13.9. The number of aliphatic hydroxyl groups is 1. The second-order valence-corrected chi connectivity index (χ2v) is 11.3. The van der Waals surface area contributed by atoms with E-state index in [9.17, 15) is 48.6 Å². The van der Waals surface area contributed by atoms with Crippen molar-refractivity contribution >= 4 is 53.3 Å². The first kappa shape index (κ1) is 41.9. The molecule has 1 aliphatic heterocycles. The highest BCUT2D eigenvalue weighted by molar-refractivity contribution is 6.23. The van der Waals surface area contributed by atoms with Crippen LogP contribution in [0.3, 0.4) is 0 Å². The molecule has 282 valence electrons. The summed E-state index contributed by atoms with van der Waals surface area (Å²) in [6.45, 7) is -0.928. The minimum absolute atomic E-state index is 0.0125. The van der Waals surface area contributed by atoms with Crippen molar-refractivity contribution in [2.45, 2.75) is 69.1 Å². The molecule has 1 aromatic carbocycles. The highest BCUT2D eigenvalue weighted by Gasteiger charge is 2.43. The number of benzene rings is 1. The highest BCUT2D eigenvalue weighted by atomic mass is 16.5. The fourth-order valence-corrected chi connectivity index (χ4v) is 4.89. The minimum atomic E-state index is -1.69. The number of amides is 6. The van der Waals surface area contributed by atoms with Gasteiger partial charge in [0.15, 0.2) is 5.96 Å². The van der Waals surface area contributed by atoms with Gasteiger partial charge in [-0.05, 0) is 49.8 Å². The number of carboxylic acid groups (broad SMARTS) is 1. The van der Waals surface area contributed by atoms with Crippen molar-refractivity contribution in [3.8, 4) is 0 Å². The van der Waals surface area contributed by atoms with E-state index in [1.807, 2.05) is 0 Å². The van der Waals surface area contributed by atoms with E-state index in [0.29, 0.717) is 4.90 Å². The predicted molar refractivity (Wildman–Crippen MR) is 178 cm³/mol. The Morgan fingerprint density at radius 1 is 0.827 bits per heavy atom. The molecule has 1 aliphatic rings. The molecule has 0 unspecified atom stereocenters. The average Bonchev–Trinajstić information content (AvgIpc) is 3.35. The number of carboxylic acids is 1. The molecule has 0 aromatic heterocycles. The predicted octanol–water partition coefficient (Wildman–Crippen LogP) is -2.47. The number of guanidine groups is 1. The highest BCUT2D eigenvalue weighted by Crippen LogP contribution is 2.26. The zero-order chi connectivity index (χ0) is 38.8. The molecule has 52 heavy (non-hydrogen) atoms. The fraction of sp³-hybridized carbons (Fsp3) is 0.500. The van der Waals surface area contributed by atoms with Crippen LogP contribution < -0.4 is 33.2 Å².